The molecule has 0 aliphatic carbocycles. The van der Waals surface area contributed by atoms with E-state index < -0.39 is 6.10 Å². The van der Waals surface area contributed by atoms with Gasteiger partial charge in [-0.15, -0.1) is 0 Å². The highest BCUT2D eigenvalue weighted by molar-refractivity contribution is 5.69. The van der Waals surface area contributed by atoms with E-state index in [-0.39, 0.29) is 18.3 Å². The van der Waals surface area contributed by atoms with Gasteiger partial charge in [-0.05, 0) is 12.3 Å². The molecule has 0 spiro atoms. The Morgan fingerprint density at radius 2 is 2.29 bits per heavy atom. The van der Waals surface area contributed by atoms with Crippen molar-refractivity contribution in [2.24, 2.45) is 13.0 Å². The number of nitrogens with zero attached hydrogens (tertiary/aromatic N) is 2. The number of hydrogen-bond acceptors (Lipinski definition) is 4. The number of carbonyl (C=O) groups is 1. The predicted molar refractivity (Wildman–Crippen MR) is 63.3 cm³/mol. The van der Waals surface area contributed by atoms with Crippen molar-refractivity contribution in [2.75, 3.05) is 7.11 Å². The summed E-state index contributed by atoms with van der Waals surface area (Å²) in [4.78, 5) is 11.2. The van der Waals surface area contributed by atoms with Crippen LogP contribution >= 0.6 is 0 Å². The van der Waals surface area contributed by atoms with E-state index in [2.05, 4.69) is 9.84 Å². The van der Waals surface area contributed by atoms with Crippen LogP contribution in [0.4, 0.5) is 0 Å². The minimum absolute atomic E-state index is 0.183. The molecule has 17 heavy (non-hydrogen) atoms. The Kier molecular flexibility index (Phi) is 4.69. The largest absolute Gasteiger partial charge is 0.469 e. The van der Waals surface area contributed by atoms with E-state index in [0.717, 1.165) is 17.7 Å². The van der Waals surface area contributed by atoms with E-state index in [1.807, 2.05) is 20.9 Å². The molecule has 0 aliphatic heterocycles. The quantitative estimate of drug-likeness (QED) is 0.786. The SMILES string of the molecule is CCc1nn(C)cc1C(O)C(C)CC(=O)OC. The third-order valence-electron chi connectivity index (χ3n) is 2.85. The molecule has 96 valence electrons. The summed E-state index contributed by atoms with van der Waals surface area (Å²) in [7, 11) is 3.17. The first-order chi connectivity index (χ1) is 7.99. The van der Waals surface area contributed by atoms with Gasteiger partial charge in [0.1, 0.15) is 0 Å². The molecule has 1 rings (SSSR count). The molecule has 0 bridgehead atoms. The van der Waals surface area contributed by atoms with Gasteiger partial charge < -0.3 is 9.84 Å². The van der Waals surface area contributed by atoms with Crippen LogP contribution in [0.25, 0.3) is 0 Å². The lowest BCUT2D eigenvalue weighted by Crippen LogP contribution is -2.15. The van der Waals surface area contributed by atoms with Gasteiger partial charge in [0.2, 0.25) is 0 Å². The summed E-state index contributed by atoms with van der Waals surface area (Å²) in [6.45, 7) is 3.82. The zero-order chi connectivity index (χ0) is 13.0. The monoisotopic (exact) mass is 240 g/mol. The highest BCUT2D eigenvalue weighted by Crippen LogP contribution is 2.27. The van der Waals surface area contributed by atoms with E-state index in [4.69, 9.17) is 0 Å². The number of esters is 1. The van der Waals surface area contributed by atoms with Gasteiger partial charge >= 0.3 is 5.97 Å². The van der Waals surface area contributed by atoms with Crippen LogP contribution in [0.1, 0.15) is 37.6 Å². The maximum absolute atomic E-state index is 11.2. The van der Waals surface area contributed by atoms with E-state index in [1.54, 1.807) is 10.9 Å². The van der Waals surface area contributed by atoms with Crippen molar-refractivity contribution in [3.8, 4) is 0 Å². The fourth-order valence-corrected chi connectivity index (χ4v) is 1.84. The lowest BCUT2D eigenvalue weighted by Gasteiger charge is -2.17. The van der Waals surface area contributed by atoms with E-state index in [9.17, 15) is 9.90 Å². The molecule has 1 aromatic rings. The zero-order valence-corrected chi connectivity index (χ0v) is 10.8. The number of hydrogen-bond donors (Lipinski definition) is 1. The Morgan fingerprint density at radius 3 is 2.82 bits per heavy atom. The molecule has 0 saturated carbocycles. The minimum Gasteiger partial charge on any atom is -0.469 e. The van der Waals surface area contributed by atoms with Gasteiger partial charge in [0, 0.05) is 18.8 Å². The zero-order valence-electron chi connectivity index (χ0n) is 10.8. The van der Waals surface area contributed by atoms with Crippen molar-refractivity contribution >= 4 is 5.97 Å². The predicted octanol–water partition coefficient (Wildman–Crippen LogP) is 1.22. The number of ether oxygens (including phenoxy) is 1. The topological polar surface area (TPSA) is 64.3 Å². The fraction of sp³-hybridized carbons (Fsp3) is 0.667. The van der Waals surface area contributed by atoms with Crippen LogP contribution < -0.4 is 0 Å². The van der Waals surface area contributed by atoms with Crippen molar-refractivity contribution in [1.29, 1.82) is 0 Å². The average Bonchev–Trinajstić information content (AvgIpc) is 2.69. The van der Waals surface area contributed by atoms with Crippen LogP contribution in [0.5, 0.6) is 0 Å². The molecule has 0 aromatic carbocycles. The lowest BCUT2D eigenvalue weighted by atomic mass is 9.94. The van der Waals surface area contributed by atoms with Gasteiger partial charge in [-0.2, -0.15) is 5.10 Å². The molecule has 2 atom stereocenters. The molecule has 0 saturated heterocycles. The number of aliphatic hydroxyl groups excluding tert-OH is 1. The van der Waals surface area contributed by atoms with Crippen LogP contribution in [-0.4, -0.2) is 28.0 Å². The smallest absolute Gasteiger partial charge is 0.305 e. The van der Waals surface area contributed by atoms with E-state index in [0.29, 0.717) is 0 Å². The Balaban J connectivity index is 2.80. The first-order valence-corrected chi connectivity index (χ1v) is 5.76. The van der Waals surface area contributed by atoms with Gasteiger partial charge in [0.25, 0.3) is 0 Å². The second kappa shape index (κ2) is 5.82. The van der Waals surface area contributed by atoms with Crippen LogP contribution in [0.15, 0.2) is 6.20 Å². The maximum Gasteiger partial charge on any atom is 0.305 e. The third kappa shape index (κ3) is 3.30. The summed E-state index contributed by atoms with van der Waals surface area (Å²) in [5, 5.41) is 14.5. The number of aryl methyl sites for hydroxylation is 2. The van der Waals surface area contributed by atoms with Gasteiger partial charge in [-0.1, -0.05) is 13.8 Å². The number of methoxy groups -OCH3 is 1. The molecule has 2 unspecified atom stereocenters. The van der Waals surface area contributed by atoms with Crippen molar-refractivity contribution in [3.63, 3.8) is 0 Å². The summed E-state index contributed by atoms with van der Waals surface area (Å²) in [5.41, 5.74) is 1.67. The Hall–Kier alpha value is -1.36. The third-order valence-corrected chi connectivity index (χ3v) is 2.85. The van der Waals surface area contributed by atoms with Crippen LogP contribution in [0.2, 0.25) is 0 Å². The Bertz CT molecular complexity index is 387. The van der Waals surface area contributed by atoms with Gasteiger partial charge in [-0.3, -0.25) is 9.48 Å². The summed E-state index contributed by atoms with van der Waals surface area (Å²) in [6.07, 6.45) is 2.09. The Labute approximate surface area is 101 Å². The molecule has 0 aliphatic rings. The number of aromatic nitrogens is 2. The standard InChI is InChI=1S/C12H20N2O3/c1-5-10-9(7-14(3)13-10)12(16)8(2)6-11(15)17-4/h7-8,12,16H,5-6H2,1-4H3. The second-order valence-electron chi connectivity index (χ2n) is 4.26. The molecule has 0 fully saturated rings. The minimum atomic E-state index is -0.683. The van der Waals surface area contributed by atoms with Crippen molar-refractivity contribution in [2.45, 2.75) is 32.8 Å². The highest BCUT2D eigenvalue weighted by atomic mass is 16.5. The fourth-order valence-electron chi connectivity index (χ4n) is 1.84. The molecule has 1 heterocycles. The molecule has 5 heteroatoms. The summed E-state index contributed by atoms with van der Waals surface area (Å²) < 4.78 is 6.28. The van der Waals surface area contributed by atoms with Gasteiger partial charge in [-0.25, -0.2) is 0 Å². The average molecular weight is 240 g/mol. The first kappa shape index (κ1) is 13.7. The van der Waals surface area contributed by atoms with Crippen molar-refractivity contribution < 1.29 is 14.6 Å². The molecule has 0 radical (unpaired) electrons. The van der Waals surface area contributed by atoms with Crippen LogP contribution in [0, 0.1) is 5.92 Å². The molecule has 1 N–H and O–H groups in total. The molecular weight excluding hydrogens is 220 g/mol. The Morgan fingerprint density at radius 1 is 1.65 bits per heavy atom. The second-order valence-corrected chi connectivity index (χ2v) is 4.26. The highest BCUT2D eigenvalue weighted by Gasteiger charge is 2.23. The molecule has 1 aromatic heterocycles. The van der Waals surface area contributed by atoms with E-state index in [1.165, 1.54) is 7.11 Å². The lowest BCUT2D eigenvalue weighted by molar-refractivity contribution is -0.142. The van der Waals surface area contributed by atoms with Gasteiger partial charge in [0.05, 0.1) is 25.3 Å². The molecule has 0 amide bonds. The summed E-state index contributed by atoms with van der Waals surface area (Å²) in [5.74, 6) is -0.490. The number of rotatable bonds is 5. The maximum atomic E-state index is 11.2. The van der Waals surface area contributed by atoms with Crippen molar-refractivity contribution in [3.05, 3.63) is 17.5 Å². The molecule has 5 nitrogen and oxygen atoms in total. The van der Waals surface area contributed by atoms with E-state index >= 15 is 0 Å². The van der Waals surface area contributed by atoms with Crippen LogP contribution in [0.3, 0.4) is 0 Å². The molecular formula is C12H20N2O3. The number of aliphatic hydroxyl groups is 1. The normalized spacial score (nSPS) is 14.4. The number of carbonyl (C=O) groups excluding carboxylic acids is 1. The summed E-state index contributed by atoms with van der Waals surface area (Å²) in [6, 6.07) is 0. The van der Waals surface area contributed by atoms with Crippen molar-refractivity contribution in [1.82, 2.24) is 9.78 Å². The first-order valence-electron chi connectivity index (χ1n) is 5.76. The van der Waals surface area contributed by atoms with Gasteiger partial charge in [0.15, 0.2) is 0 Å². The summed E-state index contributed by atoms with van der Waals surface area (Å²) >= 11 is 0. The van der Waals surface area contributed by atoms with Crippen LogP contribution in [-0.2, 0) is 23.0 Å².